The summed E-state index contributed by atoms with van der Waals surface area (Å²) in [6, 6.07) is 0. The van der Waals surface area contributed by atoms with Gasteiger partial charge in [0.1, 0.15) is 11.3 Å². The molecule has 0 N–H and O–H groups in total. The molecule has 1 amide bonds. The van der Waals surface area contributed by atoms with Crippen molar-refractivity contribution in [2.24, 2.45) is 0 Å². The third-order valence-corrected chi connectivity index (χ3v) is 5.04. The van der Waals surface area contributed by atoms with Crippen molar-refractivity contribution in [3.63, 3.8) is 0 Å². The monoisotopic (exact) mass is 389 g/mol. The van der Waals surface area contributed by atoms with E-state index in [2.05, 4.69) is 29.8 Å². The number of amides is 1. The molecule has 10 nitrogen and oxygen atoms in total. The molecular weight excluding hydrogens is 370 g/mol. The lowest BCUT2D eigenvalue weighted by Crippen LogP contribution is -2.35. The zero-order valence-corrected chi connectivity index (χ0v) is 15.9. The van der Waals surface area contributed by atoms with Gasteiger partial charge in [-0.05, 0) is 31.8 Å². The van der Waals surface area contributed by atoms with E-state index in [-0.39, 0.29) is 5.91 Å². The molecule has 0 unspecified atom stereocenters. The van der Waals surface area contributed by atoms with Gasteiger partial charge in [-0.15, -0.1) is 5.10 Å². The van der Waals surface area contributed by atoms with Crippen LogP contribution in [0.5, 0.6) is 0 Å². The Hall–Kier alpha value is -2.66. The van der Waals surface area contributed by atoms with Gasteiger partial charge in [0.2, 0.25) is 0 Å². The summed E-state index contributed by atoms with van der Waals surface area (Å²) in [4.78, 5) is 20.9. The largest absolute Gasteiger partial charge is 0.361 e. The standard InChI is InChI=1S/C16H19N7O3S/c1-10-14(11(2)25-19-10)15-17-13(20-26-15)8-22-4-3-5-23(7-6-22)16(24)12-9-27-21-18-12/h9H,3-8H2,1-2H3. The number of aromatic nitrogens is 5. The number of aryl methyl sites for hydroxylation is 2. The molecule has 3 aromatic heterocycles. The Morgan fingerprint density at radius 2 is 2.07 bits per heavy atom. The first-order valence-corrected chi connectivity index (χ1v) is 9.50. The fraction of sp³-hybridized carbons (Fsp3) is 0.500. The molecule has 3 aromatic rings. The lowest BCUT2D eigenvalue weighted by molar-refractivity contribution is 0.0755. The summed E-state index contributed by atoms with van der Waals surface area (Å²) in [6.45, 7) is 7.14. The molecule has 1 saturated heterocycles. The highest BCUT2D eigenvalue weighted by Crippen LogP contribution is 2.25. The minimum absolute atomic E-state index is 0.0640. The van der Waals surface area contributed by atoms with Crippen LogP contribution < -0.4 is 0 Å². The number of nitrogens with zero attached hydrogens (tertiary/aromatic N) is 7. The van der Waals surface area contributed by atoms with Crippen molar-refractivity contribution < 1.29 is 13.8 Å². The zero-order chi connectivity index (χ0) is 18.8. The van der Waals surface area contributed by atoms with Crippen LogP contribution in [0.25, 0.3) is 11.5 Å². The van der Waals surface area contributed by atoms with E-state index in [1.54, 1.807) is 5.38 Å². The molecule has 4 heterocycles. The lowest BCUT2D eigenvalue weighted by atomic mass is 10.2. The molecule has 0 aliphatic carbocycles. The lowest BCUT2D eigenvalue weighted by Gasteiger charge is -2.20. The molecule has 0 spiro atoms. The quantitative estimate of drug-likeness (QED) is 0.655. The van der Waals surface area contributed by atoms with Crippen LogP contribution in [0.1, 0.15) is 34.2 Å². The summed E-state index contributed by atoms with van der Waals surface area (Å²) in [7, 11) is 0. The molecule has 1 aliphatic heterocycles. The average Bonchev–Trinajstić information content (AvgIpc) is 3.36. The Labute approximate surface area is 159 Å². The van der Waals surface area contributed by atoms with Crippen LogP contribution in [-0.4, -0.2) is 66.8 Å². The smallest absolute Gasteiger partial charge is 0.275 e. The van der Waals surface area contributed by atoms with Crippen LogP contribution in [0.2, 0.25) is 0 Å². The van der Waals surface area contributed by atoms with E-state index in [0.29, 0.717) is 42.8 Å². The third-order valence-electron chi connectivity index (χ3n) is 4.54. The van der Waals surface area contributed by atoms with Gasteiger partial charge in [-0.1, -0.05) is 14.8 Å². The van der Waals surface area contributed by atoms with Gasteiger partial charge in [0.25, 0.3) is 11.8 Å². The Morgan fingerprint density at radius 3 is 2.81 bits per heavy atom. The van der Waals surface area contributed by atoms with Gasteiger partial charge in [0, 0.05) is 31.6 Å². The van der Waals surface area contributed by atoms with E-state index in [1.807, 2.05) is 18.7 Å². The van der Waals surface area contributed by atoms with Crippen LogP contribution in [0.15, 0.2) is 14.4 Å². The van der Waals surface area contributed by atoms with Gasteiger partial charge < -0.3 is 13.9 Å². The highest BCUT2D eigenvalue weighted by atomic mass is 32.1. The summed E-state index contributed by atoms with van der Waals surface area (Å²) in [5.74, 6) is 1.62. The van der Waals surface area contributed by atoms with E-state index < -0.39 is 0 Å². The van der Waals surface area contributed by atoms with Crippen LogP contribution in [0, 0.1) is 13.8 Å². The molecule has 0 radical (unpaired) electrons. The van der Waals surface area contributed by atoms with Crippen LogP contribution >= 0.6 is 11.5 Å². The van der Waals surface area contributed by atoms with Gasteiger partial charge in [-0.25, -0.2) is 0 Å². The van der Waals surface area contributed by atoms with E-state index >= 15 is 0 Å². The average molecular weight is 389 g/mol. The van der Waals surface area contributed by atoms with Crippen molar-refractivity contribution in [3.05, 3.63) is 28.4 Å². The van der Waals surface area contributed by atoms with Crippen molar-refractivity contribution in [2.45, 2.75) is 26.8 Å². The maximum Gasteiger partial charge on any atom is 0.275 e. The van der Waals surface area contributed by atoms with Crippen LogP contribution in [-0.2, 0) is 6.54 Å². The second-order valence-electron chi connectivity index (χ2n) is 6.43. The van der Waals surface area contributed by atoms with Crippen LogP contribution in [0.3, 0.4) is 0 Å². The molecule has 4 rings (SSSR count). The molecular formula is C16H19N7O3S. The van der Waals surface area contributed by atoms with Crippen molar-refractivity contribution in [3.8, 4) is 11.5 Å². The summed E-state index contributed by atoms with van der Waals surface area (Å²) < 4.78 is 14.3. The molecule has 1 aliphatic rings. The van der Waals surface area contributed by atoms with Gasteiger partial charge in [-0.2, -0.15) is 4.98 Å². The van der Waals surface area contributed by atoms with Gasteiger partial charge in [-0.3, -0.25) is 9.69 Å². The van der Waals surface area contributed by atoms with Crippen molar-refractivity contribution in [2.75, 3.05) is 26.2 Å². The first-order valence-electron chi connectivity index (χ1n) is 8.66. The van der Waals surface area contributed by atoms with Crippen molar-refractivity contribution >= 4 is 17.4 Å². The highest BCUT2D eigenvalue weighted by molar-refractivity contribution is 7.03. The Morgan fingerprint density at radius 1 is 1.19 bits per heavy atom. The Balaban J connectivity index is 1.39. The maximum atomic E-state index is 12.4. The number of hydrogen-bond donors (Lipinski definition) is 0. The van der Waals surface area contributed by atoms with E-state index in [9.17, 15) is 4.79 Å². The molecule has 27 heavy (non-hydrogen) atoms. The number of rotatable bonds is 4. The molecule has 0 aromatic carbocycles. The second kappa shape index (κ2) is 7.53. The van der Waals surface area contributed by atoms with Crippen LogP contribution in [0.4, 0.5) is 0 Å². The van der Waals surface area contributed by atoms with E-state index in [4.69, 9.17) is 9.05 Å². The number of carbonyl (C=O) groups excluding carboxylic acids is 1. The Bertz CT molecular complexity index is 901. The normalized spacial score (nSPS) is 15.9. The summed E-state index contributed by atoms with van der Waals surface area (Å²) in [5.41, 5.74) is 1.89. The number of hydrogen-bond acceptors (Lipinski definition) is 10. The summed E-state index contributed by atoms with van der Waals surface area (Å²) >= 11 is 1.19. The molecule has 1 fully saturated rings. The second-order valence-corrected chi connectivity index (χ2v) is 7.04. The highest BCUT2D eigenvalue weighted by Gasteiger charge is 2.24. The van der Waals surface area contributed by atoms with Gasteiger partial charge >= 0.3 is 0 Å². The molecule has 142 valence electrons. The predicted molar refractivity (Wildman–Crippen MR) is 95.0 cm³/mol. The maximum absolute atomic E-state index is 12.4. The molecule has 11 heteroatoms. The summed E-state index contributed by atoms with van der Waals surface area (Å²) in [5, 5.41) is 13.5. The minimum Gasteiger partial charge on any atom is -0.361 e. The minimum atomic E-state index is -0.0640. The zero-order valence-electron chi connectivity index (χ0n) is 15.1. The van der Waals surface area contributed by atoms with E-state index in [0.717, 1.165) is 30.8 Å². The van der Waals surface area contributed by atoms with Gasteiger partial charge in [0.15, 0.2) is 11.5 Å². The third kappa shape index (κ3) is 3.74. The van der Waals surface area contributed by atoms with Gasteiger partial charge in [0.05, 0.1) is 12.2 Å². The molecule has 0 bridgehead atoms. The van der Waals surface area contributed by atoms with Crippen molar-refractivity contribution in [1.82, 2.24) is 34.7 Å². The first kappa shape index (κ1) is 17.7. The molecule has 0 atom stereocenters. The molecule has 0 saturated carbocycles. The predicted octanol–water partition coefficient (Wildman–Crippen LogP) is 1.54. The topological polar surface area (TPSA) is 114 Å². The SMILES string of the molecule is Cc1noc(C)c1-c1nc(CN2CCCN(C(=O)c3csnn3)CC2)no1. The fourth-order valence-electron chi connectivity index (χ4n) is 3.16. The van der Waals surface area contributed by atoms with E-state index in [1.165, 1.54) is 11.5 Å². The fourth-order valence-corrected chi connectivity index (χ4v) is 3.59. The number of carbonyl (C=O) groups is 1. The summed E-state index contributed by atoms with van der Waals surface area (Å²) in [6.07, 6.45) is 0.873. The Kier molecular flexibility index (Phi) is 4.94. The van der Waals surface area contributed by atoms with Crippen molar-refractivity contribution in [1.29, 1.82) is 0 Å². The first-order chi connectivity index (χ1) is 13.1.